The molecular weight excluding hydrogens is 369 g/mol. The molecule has 26 heavy (non-hydrogen) atoms. The summed E-state index contributed by atoms with van der Waals surface area (Å²) in [4.78, 5) is 13.0. The molecule has 1 fully saturated rings. The summed E-state index contributed by atoms with van der Waals surface area (Å²) in [7, 11) is 0. The Balaban J connectivity index is 1.31. The lowest BCUT2D eigenvalue weighted by molar-refractivity contribution is 0.395. The van der Waals surface area contributed by atoms with Crippen LogP contribution < -0.4 is 4.90 Å². The number of imidazole rings is 1. The van der Waals surface area contributed by atoms with Crippen molar-refractivity contribution in [1.82, 2.24) is 19.3 Å². The van der Waals surface area contributed by atoms with Crippen LogP contribution in [0.15, 0.2) is 48.9 Å². The first-order valence-corrected chi connectivity index (χ1v) is 9.80. The third kappa shape index (κ3) is 3.66. The maximum Gasteiger partial charge on any atom is 0.233 e. The van der Waals surface area contributed by atoms with E-state index in [0.29, 0.717) is 11.5 Å². The Morgan fingerprint density at radius 2 is 1.96 bits per heavy atom. The summed E-state index contributed by atoms with van der Waals surface area (Å²) in [5, 5.41) is 0. The van der Waals surface area contributed by atoms with E-state index in [2.05, 4.69) is 19.8 Å². The van der Waals surface area contributed by atoms with E-state index in [1.165, 1.54) is 6.07 Å². The van der Waals surface area contributed by atoms with Gasteiger partial charge in [0, 0.05) is 50.5 Å². The van der Waals surface area contributed by atoms with Gasteiger partial charge in [0.25, 0.3) is 0 Å². The predicted molar refractivity (Wildman–Crippen MR) is 107 cm³/mol. The van der Waals surface area contributed by atoms with Crippen molar-refractivity contribution in [3.05, 3.63) is 60.4 Å². The summed E-state index contributed by atoms with van der Waals surface area (Å²) in [6.45, 7) is 3.12. The number of nitrogens with zero attached hydrogens (tertiary/aromatic N) is 5. The van der Waals surface area contributed by atoms with E-state index in [0.717, 1.165) is 41.9 Å². The van der Waals surface area contributed by atoms with Gasteiger partial charge in [-0.2, -0.15) is 0 Å². The van der Waals surface area contributed by atoms with Crippen LogP contribution in [0.3, 0.4) is 0 Å². The number of para-hydroxylation sites is 1. The number of halogens is 1. The summed E-state index contributed by atoms with van der Waals surface area (Å²) >= 11 is 7.19. The van der Waals surface area contributed by atoms with Crippen LogP contribution in [0.2, 0.25) is 0 Å². The van der Waals surface area contributed by atoms with Gasteiger partial charge in [0.05, 0.1) is 11.4 Å². The lowest BCUT2D eigenvalue weighted by Crippen LogP contribution is -2.47. The molecule has 3 aromatic rings. The fraction of sp³-hybridized carbons (Fsp3) is 0.278. The van der Waals surface area contributed by atoms with Crippen molar-refractivity contribution >= 4 is 39.8 Å². The molecule has 134 valence electrons. The second-order valence-corrected chi connectivity index (χ2v) is 7.65. The molecule has 0 radical (unpaired) electrons. The number of piperazine rings is 1. The van der Waals surface area contributed by atoms with Crippen LogP contribution in [0.4, 0.5) is 10.1 Å². The summed E-state index contributed by atoms with van der Waals surface area (Å²) in [5.41, 5.74) is 1.63. The largest absolute Gasteiger partial charge is 0.366 e. The number of thioether (sulfide) groups is 1. The SMILES string of the molecule is Fc1ccccc1N1CCN(C(=S)SCc2cn3cccnc3n2)CC1. The van der Waals surface area contributed by atoms with Crippen molar-refractivity contribution in [2.24, 2.45) is 0 Å². The molecule has 1 aliphatic rings. The third-order valence-corrected chi connectivity index (χ3v) is 5.92. The molecule has 0 aliphatic carbocycles. The first-order valence-electron chi connectivity index (χ1n) is 8.40. The van der Waals surface area contributed by atoms with Crippen molar-refractivity contribution in [2.45, 2.75) is 5.75 Å². The maximum atomic E-state index is 13.9. The lowest BCUT2D eigenvalue weighted by atomic mass is 10.2. The number of thiocarbonyl (C=S) groups is 1. The minimum atomic E-state index is -0.168. The molecule has 5 nitrogen and oxygen atoms in total. The number of fused-ring (bicyclic) bond motifs is 1. The van der Waals surface area contributed by atoms with Gasteiger partial charge in [-0.15, -0.1) is 0 Å². The number of rotatable bonds is 3. The highest BCUT2D eigenvalue weighted by Gasteiger charge is 2.21. The normalized spacial score (nSPS) is 14.8. The van der Waals surface area contributed by atoms with Gasteiger partial charge in [-0.3, -0.25) is 4.40 Å². The molecule has 1 aliphatic heterocycles. The Kier molecular flexibility index (Phi) is 5.03. The fourth-order valence-electron chi connectivity index (χ4n) is 3.01. The summed E-state index contributed by atoms with van der Waals surface area (Å²) in [6.07, 6.45) is 5.65. The summed E-state index contributed by atoms with van der Waals surface area (Å²) < 4.78 is 16.7. The van der Waals surface area contributed by atoms with E-state index in [1.54, 1.807) is 24.0 Å². The molecule has 1 aromatic carbocycles. The van der Waals surface area contributed by atoms with Crippen LogP contribution in [0.25, 0.3) is 5.78 Å². The van der Waals surface area contributed by atoms with Crippen molar-refractivity contribution in [3.8, 4) is 0 Å². The van der Waals surface area contributed by atoms with E-state index in [9.17, 15) is 4.39 Å². The molecule has 0 bridgehead atoms. The molecule has 2 aromatic heterocycles. The van der Waals surface area contributed by atoms with Crippen LogP contribution in [-0.4, -0.2) is 49.8 Å². The molecule has 1 saturated heterocycles. The van der Waals surface area contributed by atoms with Crippen molar-refractivity contribution < 1.29 is 4.39 Å². The zero-order valence-corrected chi connectivity index (χ0v) is 15.7. The molecule has 0 saturated carbocycles. The molecule has 0 amide bonds. The molecule has 0 unspecified atom stereocenters. The number of hydrogen-bond acceptors (Lipinski definition) is 5. The van der Waals surface area contributed by atoms with Crippen LogP contribution in [0, 0.1) is 5.82 Å². The van der Waals surface area contributed by atoms with Crippen LogP contribution in [0.1, 0.15) is 5.69 Å². The van der Waals surface area contributed by atoms with Crippen molar-refractivity contribution in [2.75, 3.05) is 31.1 Å². The van der Waals surface area contributed by atoms with Crippen LogP contribution in [0.5, 0.6) is 0 Å². The topological polar surface area (TPSA) is 36.7 Å². The zero-order chi connectivity index (χ0) is 17.9. The Hall–Kier alpha value is -2.19. The number of aromatic nitrogens is 3. The summed E-state index contributed by atoms with van der Waals surface area (Å²) in [5.74, 6) is 1.25. The van der Waals surface area contributed by atoms with Gasteiger partial charge in [-0.1, -0.05) is 36.1 Å². The van der Waals surface area contributed by atoms with Crippen LogP contribution >= 0.6 is 24.0 Å². The summed E-state index contributed by atoms with van der Waals surface area (Å²) in [6, 6.07) is 8.80. The van der Waals surface area contributed by atoms with Gasteiger partial charge >= 0.3 is 0 Å². The first-order chi connectivity index (χ1) is 12.7. The smallest absolute Gasteiger partial charge is 0.233 e. The molecule has 8 heteroatoms. The van der Waals surface area contributed by atoms with Gasteiger partial charge in [-0.05, 0) is 18.2 Å². The Bertz CT molecular complexity index is 888. The minimum absolute atomic E-state index is 0.168. The van der Waals surface area contributed by atoms with E-state index < -0.39 is 0 Å². The molecular formula is C18H18FN5S2. The minimum Gasteiger partial charge on any atom is -0.366 e. The van der Waals surface area contributed by atoms with Gasteiger partial charge in [-0.25, -0.2) is 14.4 Å². The maximum absolute atomic E-state index is 13.9. The zero-order valence-electron chi connectivity index (χ0n) is 14.1. The Labute approximate surface area is 160 Å². The van der Waals surface area contributed by atoms with Gasteiger partial charge in [0.2, 0.25) is 5.78 Å². The Morgan fingerprint density at radius 3 is 2.73 bits per heavy atom. The van der Waals surface area contributed by atoms with Gasteiger partial charge in [0.1, 0.15) is 10.1 Å². The molecule has 0 atom stereocenters. The second-order valence-electron chi connectivity index (χ2n) is 6.04. The van der Waals surface area contributed by atoms with E-state index in [1.807, 2.05) is 35.0 Å². The highest BCUT2D eigenvalue weighted by molar-refractivity contribution is 8.22. The van der Waals surface area contributed by atoms with Gasteiger partial charge in [0.15, 0.2) is 0 Å². The van der Waals surface area contributed by atoms with Crippen molar-refractivity contribution in [1.29, 1.82) is 0 Å². The monoisotopic (exact) mass is 387 g/mol. The van der Waals surface area contributed by atoms with E-state index in [4.69, 9.17) is 12.2 Å². The molecule has 0 spiro atoms. The molecule has 0 N–H and O–H groups in total. The lowest BCUT2D eigenvalue weighted by Gasteiger charge is -2.37. The average Bonchev–Trinajstić information content (AvgIpc) is 3.10. The number of hydrogen-bond donors (Lipinski definition) is 0. The average molecular weight is 388 g/mol. The standard InChI is InChI=1S/C18H18FN5S2/c19-15-4-1-2-5-16(15)22-8-10-23(11-9-22)18(25)26-13-14-12-24-7-3-6-20-17(24)21-14/h1-7,12H,8-11,13H2. The quantitative estimate of drug-likeness (QED) is 0.643. The second kappa shape index (κ2) is 7.59. The third-order valence-electron chi connectivity index (χ3n) is 4.36. The number of benzene rings is 1. The molecule has 3 heterocycles. The highest BCUT2D eigenvalue weighted by Crippen LogP contribution is 2.22. The predicted octanol–water partition coefficient (Wildman–Crippen LogP) is 3.21. The van der Waals surface area contributed by atoms with Crippen LogP contribution in [-0.2, 0) is 5.75 Å². The fourth-order valence-corrected chi connectivity index (χ4v) is 4.15. The van der Waals surface area contributed by atoms with E-state index in [-0.39, 0.29) is 5.82 Å². The Morgan fingerprint density at radius 1 is 1.15 bits per heavy atom. The van der Waals surface area contributed by atoms with Crippen molar-refractivity contribution in [3.63, 3.8) is 0 Å². The highest BCUT2D eigenvalue weighted by atomic mass is 32.2. The van der Waals surface area contributed by atoms with Gasteiger partial charge < -0.3 is 9.80 Å². The number of anilines is 1. The molecule has 4 rings (SSSR count). The first kappa shape index (κ1) is 17.2. The van der Waals surface area contributed by atoms with E-state index >= 15 is 0 Å².